The highest BCUT2D eigenvalue weighted by atomic mass is 28.4. The maximum absolute atomic E-state index is 11.0. The number of esters is 1. The van der Waals surface area contributed by atoms with Crippen LogP contribution in [0.5, 0.6) is 0 Å². The van der Waals surface area contributed by atoms with Gasteiger partial charge in [0.2, 0.25) is 0 Å². The molecule has 0 aromatic heterocycles. The van der Waals surface area contributed by atoms with Crippen LogP contribution in [0, 0.1) is 0 Å². The van der Waals surface area contributed by atoms with Gasteiger partial charge in [-0.15, -0.1) is 0 Å². The first-order valence-electron chi connectivity index (χ1n) is 7.04. The van der Waals surface area contributed by atoms with E-state index >= 15 is 0 Å². The minimum Gasteiger partial charge on any atom is -0.462 e. The standard InChI is InChI=1S/C14H28O4Si/c1-10(15)17-12-7-11(16)8-13(9-12)18-19(5,6)14(2,3)4/h11-13,16H,7-9H2,1-6H3/t11-,12+,13+/m1/s1. The molecule has 1 saturated carbocycles. The highest BCUT2D eigenvalue weighted by Gasteiger charge is 2.41. The fraction of sp³-hybridized carbons (Fsp3) is 0.929. The molecule has 0 radical (unpaired) electrons. The van der Waals surface area contributed by atoms with Gasteiger partial charge in [-0.1, -0.05) is 20.8 Å². The van der Waals surface area contributed by atoms with Crippen LogP contribution in [-0.4, -0.2) is 37.7 Å². The van der Waals surface area contributed by atoms with Crippen LogP contribution in [-0.2, 0) is 14.0 Å². The molecule has 0 unspecified atom stereocenters. The van der Waals surface area contributed by atoms with E-state index in [0.29, 0.717) is 19.3 Å². The molecule has 0 saturated heterocycles. The normalized spacial score (nSPS) is 29.1. The van der Waals surface area contributed by atoms with Crippen molar-refractivity contribution < 1.29 is 19.1 Å². The van der Waals surface area contributed by atoms with E-state index in [0.717, 1.165) is 0 Å². The van der Waals surface area contributed by atoms with Crippen molar-refractivity contribution in [2.45, 2.75) is 83.4 Å². The van der Waals surface area contributed by atoms with Gasteiger partial charge in [0.1, 0.15) is 6.10 Å². The third-order valence-electron chi connectivity index (χ3n) is 4.20. The first kappa shape index (κ1) is 16.7. The molecule has 0 amide bonds. The lowest BCUT2D eigenvalue weighted by Crippen LogP contribution is -2.47. The number of carbonyl (C=O) groups is 1. The van der Waals surface area contributed by atoms with Gasteiger partial charge < -0.3 is 14.3 Å². The van der Waals surface area contributed by atoms with Crippen molar-refractivity contribution in [1.82, 2.24) is 0 Å². The molecule has 19 heavy (non-hydrogen) atoms. The fourth-order valence-electron chi connectivity index (χ4n) is 2.21. The van der Waals surface area contributed by atoms with Crippen molar-refractivity contribution in [3.05, 3.63) is 0 Å². The van der Waals surface area contributed by atoms with Gasteiger partial charge >= 0.3 is 5.97 Å². The van der Waals surface area contributed by atoms with Crippen LogP contribution in [0.3, 0.4) is 0 Å². The molecule has 0 aromatic rings. The third kappa shape index (κ3) is 4.89. The Hall–Kier alpha value is -0.393. The Balaban J connectivity index is 2.65. The molecule has 0 aromatic carbocycles. The van der Waals surface area contributed by atoms with E-state index in [9.17, 15) is 9.90 Å². The number of ether oxygens (including phenoxy) is 1. The second kappa shape index (κ2) is 5.93. The van der Waals surface area contributed by atoms with E-state index in [-0.39, 0.29) is 23.2 Å². The number of aliphatic hydroxyl groups is 1. The molecule has 0 heterocycles. The fourth-order valence-corrected chi connectivity index (χ4v) is 3.59. The molecule has 1 aliphatic carbocycles. The molecule has 1 rings (SSSR count). The van der Waals surface area contributed by atoms with Gasteiger partial charge in [-0.05, 0) is 24.6 Å². The molecule has 112 valence electrons. The lowest BCUT2D eigenvalue weighted by Gasteiger charge is -2.42. The monoisotopic (exact) mass is 288 g/mol. The second-order valence-corrected chi connectivity index (χ2v) is 11.8. The summed E-state index contributed by atoms with van der Waals surface area (Å²) in [5.41, 5.74) is 0. The SMILES string of the molecule is CC(=O)O[C@H]1C[C@@H](O)C[C@H](O[Si](C)(C)C(C)(C)C)C1. The van der Waals surface area contributed by atoms with Crippen LogP contribution < -0.4 is 0 Å². The molecular formula is C14H28O4Si. The van der Waals surface area contributed by atoms with Gasteiger partial charge in [0, 0.05) is 19.8 Å². The van der Waals surface area contributed by atoms with Crippen molar-refractivity contribution >= 4 is 14.3 Å². The molecule has 5 heteroatoms. The highest BCUT2D eigenvalue weighted by molar-refractivity contribution is 6.74. The van der Waals surface area contributed by atoms with E-state index in [1.807, 2.05) is 0 Å². The Bertz CT molecular complexity index is 322. The van der Waals surface area contributed by atoms with Crippen molar-refractivity contribution in [3.8, 4) is 0 Å². The van der Waals surface area contributed by atoms with Crippen LogP contribution in [0.4, 0.5) is 0 Å². The molecule has 4 nitrogen and oxygen atoms in total. The maximum atomic E-state index is 11.0. The zero-order valence-electron chi connectivity index (χ0n) is 13.0. The molecular weight excluding hydrogens is 260 g/mol. The lowest BCUT2D eigenvalue weighted by molar-refractivity contribution is -0.151. The minimum atomic E-state index is -1.84. The zero-order chi connectivity index (χ0) is 14.8. The quantitative estimate of drug-likeness (QED) is 0.641. The van der Waals surface area contributed by atoms with Crippen LogP contribution in [0.15, 0.2) is 0 Å². The van der Waals surface area contributed by atoms with Crippen molar-refractivity contribution in [2.75, 3.05) is 0 Å². The van der Waals surface area contributed by atoms with E-state index in [2.05, 4.69) is 33.9 Å². The summed E-state index contributed by atoms with van der Waals surface area (Å²) < 4.78 is 11.5. The number of aliphatic hydroxyl groups excluding tert-OH is 1. The first-order chi connectivity index (χ1) is 8.51. The Morgan fingerprint density at radius 3 is 2.16 bits per heavy atom. The number of hydrogen-bond donors (Lipinski definition) is 1. The maximum Gasteiger partial charge on any atom is 0.302 e. The van der Waals surface area contributed by atoms with Gasteiger partial charge in [-0.2, -0.15) is 0 Å². The Labute approximate surface area is 117 Å². The Morgan fingerprint density at radius 2 is 1.68 bits per heavy atom. The molecule has 0 bridgehead atoms. The minimum absolute atomic E-state index is 0.00556. The molecule has 0 spiro atoms. The summed E-state index contributed by atoms with van der Waals surface area (Å²) >= 11 is 0. The van der Waals surface area contributed by atoms with Crippen molar-refractivity contribution in [3.63, 3.8) is 0 Å². The van der Waals surface area contributed by atoms with Crippen LogP contribution in [0.2, 0.25) is 18.1 Å². The number of hydrogen-bond acceptors (Lipinski definition) is 4. The molecule has 0 aliphatic heterocycles. The first-order valence-corrected chi connectivity index (χ1v) is 9.95. The summed E-state index contributed by atoms with van der Waals surface area (Å²) in [5, 5.41) is 10.1. The average Bonchev–Trinajstić information content (AvgIpc) is 2.11. The number of rotatable bonds is 3. The lowest BCUT2D eigenvalue weighted by atomic mass is 9.92. The third-order valence-corrected chi connectivity index (χ3v) is 8.73. The highest BCUT2D eigenvalue weighted by Crippen LogP contribution is 2.39. The Kier molecular flexibility index (Phi) is 5.20. The number of carbonyl (C=O) groups excluding carboxylic acids is 1. The summed E-state index contributed by atoms with van der Waals surface area (Å²) in [5.74, 6) is -0.287. The predicted molar refractivity (Wildman–Crippen MR) is 77.5 cm³/mol. The molecule has 3 atom stereocenters. The van der Waals surface area contributed by atoms with E-state index in [1.165, 1.54) is 6.92 Å². The topological polar surface area (TPSA) is 55.8 Å². The van der Waals surface area contributed by atoms with Gasteiger partial charge in [-0.25, -0.2) is 0 Å². The second-order valence-electron chi connectivity index (χ2n) is 7.09. The van der Waals surface area contributed by atoms with Crippen LogP contribution in [0.1, 0.15) is 47.0 Å². The van der Waals surface area contributed by atoms with Gasteiger partial charge in [-0.3, -0.25) is 4.79 Å². The summed E-state index contributed by atoms with van der Waals surface area (Å²) in [6, 6.07) is 0. The van der Waals surface area contributed by atoms with Gasteiger partial charge in [0.15, 0.2) is 8.32 Å². The van der Waals surface area contributed by atoms with Crippen LogP contribution in [0.25, 0.3) is 0 Å². The molecule has 1 fully saturated rings. The summed E-state index contributed by atoms with van der Waals surface area (Å²) in [6.07, 6.45) is 1.21. The summed E-state index contributed by atoms with van der Waals surface area (Å²) in [7, 11) is -1.84. The summed E-state index contributed by atoms with van der Waals surface area (Å²) in [6.45, 7) is 12.4. The Morgan fingerprint density at radius 1 is 1.16 bits per heavy atom. The van der Waals surface area contributed by atoms with Crippen molar-refractivity contribution in [2.24, 2.45) is 0 Å². The average molecular weight is 288 g/mol. The van der Waals surface area contributed by atoms with Crippen LogP contribution >= 0.6 is 0 Å². The van der Waals surface area contributed by atoms with E-state index in [1.54, 1.807) is 0 Å². The zero-order valence-corrected chi connectivity index (χ0v) is 14.0. The summed E-state index contributed by atoms with van der Waals surface area (Å²) in [4.78, 5) is 11.0. The largest absolute Gasteiger partial charge is 0.462 e. The van der Waals surface area contributed by atoms with Gasteiger partial charge in [0.05, 0.1) is 12.2 Å². The molecule has 1 aliphatic rings. The van der Waals surface area contributed by atoms with E-state index < -0.39 is 14.4 Å². The smallest absolute Gasteiger partial charge is 0.302 e. The van der Waals surface area contributed by atoms with E-state index in [4.69, 9.17) is 9.16 Å². The predicted octanol–water partition coefficient (Wildman–Crippen LogP) is 2.85. The van der Waals surface area contributed by atoms with Crippen molar-refractivity contribution in [1.29, 1.82) is 0 Å². The molecule has 1 N–H and O–H groups in total. The van der Waals surface area contributed by atoms with Gasteiger partial charge in [0.25, 0.3) is 0 Å².